The van der Waals surface area contributed by atoms with Crippen molar-refractivity contribution in [3.63, 3.8) is 0 Å². The van der Waals surface area contributed by atoms with E-state index in [0.717, 1.165) is 10.9 Å². The predicted octanol–water partition coefficient (Wildman–Crippen LogP) is 4.41. The van der Waals surface area contributed by atoms with Gasteiger partial charge in [0.1, 0.15) is 17.5 Å². The Morgan fingerprint density at radius 2 is 1.83 bits per heavy atom. The molecule has 2 bridgehead atoms. The number of para-hydroxylation sites is 1. The maximum absolute atomic E-state index is 14.3. The number of aliphatic carboxylic acids is 1. The summed E-state index contributed by atoms with van der Waals surface area (Å²) >= 11 is 0. The van der Waals surface area contributed by atoms with E-state index in [4.69, 9.17) is 4.74 Å². The van der Waals surface area contributed by atoms with Gasteiger partial charge < -0.3 is 15.2 Å². The van der Waals surface area contributed by atoms with Crippen LogP contribution in [0.1, 0.15) is 49.6 Å². The lowest BCUT2D eigenvalue weighted by molar-refractivity contribution is -0.141. The van der Waals surface area contributed by atoms with Gasteiger partial charge >= 0.3 is 12.1 Å². The highest BCUT2D eigenvalue weighted by atomic mass is 19.1. The fourth-order valence-electron chi connectivity index (χ4n) is 4.62. The van der Waals surface area contributed by atoms with Crippen LogP contribution < -0.4 is 5.32 Å². The first-order valence-corrected chi connectivity index (χ1v) is 11.7. The first-order valence-electron chi connectivity index (χ1n) is 11.7. The third-order valence-corrected chi connectivity index (χ3v) is 5.97. The number of amides is 1. The highest BCUT2D eigenvalue weighted by Crippen LogP contribution is 2.30. The third-order valence-electron chi connectivity index (χ3n) is 5.97. The van der Waals surface area contributed by atoms with Crippen LogP contribution in [0.2, 0.25) is 0 Å². The van der Waals surface area contributed by atoms with Crippen molar-refractivity contribution >= 4 is 28.9 Å². The Morgan fingerprint density at radius 1 is 1.11 bits per heavy atom. The van der Waals surface area contributed by atoms with Crippen LogP contribution >= 0.6 is 0 Å². The lowest BCUT2D eigenvalue weighted by atomic mass is 9.99. The zero-order valence-corrected chi connectivity index (χ0v) is 20.1. The van der Waals surface area contributed by atoms with Gasteiger partial charge in [-0.25, -0.2) is 18.5 Å². The zero-order chi connectivity index (χ0) is 25.3. The zero-order valence-electron chi connectivity index (χ0n) is 20.1. The van der Waals surface area contributed by atoms with Crippen LogP contribution in [0.4, 0.5) is 9.18 Å². The number of rotatable bonds is 1. The molecule has 0 fully saturated rings. The Labute approximate surface area is 202 Å². The van der Waals surface area contributed by atoms with Crippen molar-refractivity contribution in [1.82, 2.24) is 9.88 Å². The maximum atomic E-state index is 14.3. The molecular weight excluding hydrogens is 451 g/mol. The molecule has 4 rings (SSSR count). The smallest absolute Gasteiger partial charge is 0.419 e. The van der Waals surface area contributed by atoms with E-state index in [1.54, 1.807) is 32.9 Å². The highest BCUT2D eigenvalue weighted by molar-refractivity contribution is 5.97. The van der Waals surface area contributed by atoms with Crippen molar-refractivity contribution in [2.45, 2.75) is 64.5 Å². The fourth-order valence-corrected chi connectivity index (χ4v) is 4.62. The average molecular weight is 481 g/mol. The second-order valence-corrected chi connectivity index (χ2v) is 9.92. The summed E-state index contributed by atoms with van der Waals surface area (Å²) in [5.74, 6) is -2.14. The van der Waals surface area contributed by atoms with Gasteiger partial charge in [0.05, 0.1) is 11.9 Å². The maximum Gasteiger partial charge on any atom is 0.419 e. The largest absolute Gasteiger partial charge is 0.480 e. The van der Waals surface area contributed by atoms with E-state index in [-0.39, 0.29) is 12.8 Å². The van der Waals surface area contributed by atoms with Crippen molar-refractivity contribution in [2.24, 2.45) is 0 Å². The van der Waals surface area contributed by atoms with E-state index >= 15 is 0 Å². The van der Waals surface area contributed by atoms with Gasteiger partial charge in [0.25, 0.3) is 0 Å². The number of halogens is 1. The second kappa shape index (κ2) is 9.52. The first-order chi connectivity index (χ1) is 16.5. The number of aryl methyl sites for hydroxylation is 1. The monoisotopic (exact) mass is 480 g/mol. The molecule has 35 heavy (non-hydrogen) atoms. The number of hydrogen-bond acceptors (Lipinski definition) is 4. The van der Waals surface area contributed by atoms with E-state index in [1.165, 1.54) is 16.7 Å². The SMILES string of the molecule is CC(C)(C)OC(=O)n1c2c(c3ccccc31)CC(=O)N[C@H](C(=O)O)Cc1cc(F)cc(c1)CCC2. The molecule has 0 unspecified atom stereocenters. The Hall–Kier alpha value is -3.68. The Morgan fingerprint density at radius 3 is 2.54 bits per heavy atom. The molecule has 2 aromatic carbocycles. The van der Waals surface area contributed by atoms with Crippen LogP contribution in [0.15, 0.2) is 42.5 Å². The number of aromatic nitrogens is 1. The molecule has 7 nitrogen and oxygen atoms in total. The molecule has 1 aliphatic heterocycles. The van der Waals surface area contributed by atoms with Crippen molar-refractivity contribution in [3.05, 3.63) is 70.7 Å². The molecule has 2 heterocycles. The number of ether oxygens (including phenoxy) is 1. The van der Waals surface area contributed by atoms with Gasteiger partial charge in [-0.15, -0.1) is 0 Å². The van der Waals surface area contributed by atoms with Gasteiger partial charge in [-0.3, -0.25) is 4.79 Å². The minimum absolute atomic E-state index is 0.0294. The van der Waals surface area contributed by atoms with E-state index < -0.39 is 35.4 Å². The number of nitrogens with one attached hydrogen (secondary N) is 1. The molecule has 0 aliphatic carbocycles. The lowest BCUT2D eigenvalue weighted by Crippen LogP contribution is -2.43. The summed E-state index contributed by atoms with van der Waals surface area (Å²) in [6.07, 6.45) is 0.902. The molecule has 1 aromatic heterocycles. The summed E-state index contributed by atoms with van der Waals surface area (Å²) in [5.41, 5.74) is 2.44. The number of nitrogens with zero attached hydrogens (tertiary/aromatic N) is 1. The number of benzene rings is 2. The van der Waals surface area contributed by atoms with Gasteiger partial charge in [0.15, 0.2) is 0 Å². The van der Waals surface area contributed by atoms with Crippen LogP contribution in [0.5, 0.6) is 0 Å². The van der Waals surface area contributed by atoms with Gasteiger partial charge in [-0.05, 0) is 74.9 Å². The molecule has 0 saturated carbocycles. The van der Waals surface area contributed by atoms with E-state index in [1.807, 2.05) is 18.2 Å². The van der Waals surface area contributed by atoms with Crippen molar-refractivity contribution in [3.8, 4) is 0 Å². The van der Waals surface area contributed by atoms with Crippen molar-refractivity contribution in [1.29, 1.82) is 0 Å². The molecular formula is C27H29FN2O5. The van der Waals surface area contributed by atoms with Gasteiger partial charge in [0, 0.05) is 17.5 Å². The quantitative estimate of drug-likeness (QED) is 0.538. The summed E-state index contributed by atoms with van der Waals surface area (Å²) in [4.78, 5) is 38.2. The fraction of sp³-hybridized carbons (Fsp3) is 0.370. The molecule has 1 atom stereocenters. The first kappa shape index (κ1) is 24.4. The van der Waals surface area contributed by atoms with Crippen LogP contribution in [-0.2, 0) is 40.0 Å². The highest BCUT2D eigenvalue weighted by Gasteiger charge is 2.28. The van der Waals surface area contributed by atoms with Crippen molar-refractivity contribution in [2.75, 3.05) is 0 Å². The van der Waals surface area contributed by atoms with E-state index in [0.29, 0.717) is 41.6 Å². The molecule has 0 radical (unpaired) electrons. The van der Waals surface area contributed by atoms with Gasteiger partial charge in [-0.2, -0.15) is 0 Å². The average Bonchev–Trinajstić information content (AvgIpc) is 3.04. The lowest BCUT2D eigenvalue weighted by Gasteiger charge is -2.21. The standard InChI is InChI=1S/C27H29FN2O5/c1-27(2,3)35-26(34)30-22-9-5-4-8-19(22)20-15-24(31)29-21(25(32)33)14-17-11-16(12-18(28)13-17)7-6-10-23(20)30/h4-5,8-9,11-13,21H,6-7,10,14-15H2,1-3H3,(H,29,31)(H,32,33)/t21-/m0/s1. The third kappa shape index (κ3) is 5.53. The van der Waals surface area contributed by atoms with Crippen molar-refractivity contribution < 1.29 is 28.6 Å². The molecule has 1 amide bonds. The van der Waals surface area contributed by atoms with Crippen LogP contribution in [0.25, 0.3) is 10.9 Å². The number of carboxylic acid groups (broad SMARTS) is 1. The summed E-state index contributed by atoms with van der Waals surface area (Å²) in [7, 11) is 0. The molecule has 0 spiro atoms. The summed E-state index contributed by atoms with van der Waals surface area (Å²) in [6.45, 7) is 5.36. The Bertz CT molecular complexity index is 1300. The van der Waals surface area contributed by atoms with Gasteiger partial charge in [0.2, 0.25) is 5.91 Å². The number of carboxylic acids is 1. The van der Waals surface area contributed by atoms with Crippen LogP contribution in [-0.4, -0.2) is 39.3 Å². The number of carbonyl (C=O) groups excluding carboxylic acids is 2. The van der Waals surface area contributed by atoms with E-state index in [9.17, 15) is 23.9 Å². The molecule has 8 heteroatoms. The minimum Gasteiger partial charge on any atom is -0.480 e. The molecule has 3 aromatic rings. The van der Waals surface area contributed by atoms with Crippen LogP contribution in [0, 0.1) is 5.82 Å². The normalized spacial score (nSPS) is 16.9. The Balaban J connectivity index is 1.84. The molecule has 184 valence electrons. The minimum atomic E-state index is -1.21. The molecule has 1 aliphatic rings. The van der Waals surface area contributed by atoms with Gasteiger partial charge in [-0.1, -0.05) is 24.3 Å². The second-order valence-electron chi connectivity index (χ2n) is 9.92. The topological polar surface area (TPSA) is 97.6 Å². The summed E-state index contributed by atoms with van der Waals surface area (Å²) in [5, 5.41) is 13.0. The summed E-state index contributed by atoms with van der Waals surface area (Å²) < 4.78 is 21.4. The number of carbonyl (C=O) groups is 3. The summed E-state index contributed by atoms with van der Waals surface area (Å²) in [6, 6.07) is 10.6. The van der Waals surface area contributed by atoms with Crippen LogP contribution in [0.3, 0.4) is 0 Å². The molecule has 0 saturated heterocycles. The Kier molecular flexibility index (Phi) is 6.65. The molecule has 2 N–H and O–H groups in total. The van der Waals surface area contributed by atoms with E-state index in [2.05, 4.69) is 5.32 Å². The number of fused-ring (bicyclic) bond motifs is 5. The number of hydrogen-bond donors (Lipinski definition) is 2. The predicted molar refractivity (Wildman–Crippen MR) is 129 cm³/mol.